The smallest absolute Gasteiger partial charge is 0.231 e. The van der Waals surface area contributed by atoms with E-state index >= 15 is 0 Å². The van der Waals surface area contributed by atoms with Gasteiger partial charge in [-0.1, -0.05) is 30.3 Å². The topological polar surface area (TPSA) is 78.0 Å². The maximum absolute atomic E-state index is 4.80. The SMILES string of the molecule is CN1CNc2nc(Nc3ccc4nccc(-c5ccccc5)c4c3)nc(NC3CC3)c21. The van der Waals surface area contributed by atoms with Crippen molar-refractivity contribution in [3.8, 4) is 11.1 Å². The number of fused-ring (bicyclic) bond motifs is 2. The Balaban J connectivity index is 1.38. The molecule has 154 valence electrons. The standard InChI is InChI=1S/C24H23N7/c1-31-14-26-22-21(31)23(27-16-7-8-16)30-24(29-22)28-17-9-10-20-19(13-17)18(11-12-25-20)15-5-3-2-4-6-15/h2-6,9-13,16H,7-8,14H2,1H3,(H3,26,27,28,29,30). The van der Waals surface area contributed by atoms with Crippen LogP contribution in [0, 0.1) is 0 Å². The van der Waals surface area contributed by atoms with Crippen molar-refractivity contribution < 1.29 is 0 Å². The van der Waals surface area contributed by atoms with Crippen molar-refractivity contribution in [1.29, 1.82) is 0 Å². The molecule has 0 amide bonds. The van der Waals surface area contributed by atoms with Crippen LogP contribution in [0.2, 0.25) is 0 Å². The van der Waals surface area contributed by atoms with Crippen LogP contribution in [0.15, 0.2) is 60.8 Å². The van der Waals surface area contributed by atoms with Crippen LogP contribution >= 0.6 is 0 Å². The van der Waals surface area contributed by atoms with Gasteiger partial charge in [-0.25, -0.2) is 0 Å². The number of aromatic nitrogens is 3. The van der Waals surface area contributed by atoms with E-state index in [0.29, 0.717) is 12.0 Å². The summed E-state index contributed by atoms with van der Waals surface area (Å²) in [5.74, 6) is 2.32. The summed E-state index contributed by atoms with van der Waals surface area (Å²) in [7, 11) is 2.05. The molecule has 6 rings (SSSR count). The molecule has 0 bridgehead atoms. The summed E-state index contributed by atoms with van der Waals surface area (Å²) in [4.78, 5) is 16.2. The highest BCUT2D eigenvalue weighted by molar-refractivity contribution is 5.96. The van der Waals surface area contributed by atoms with Gasteiger partial charge >= 0.3 is 0 Å². The summed E-state index contributed by atoms with van der Waals surface area (Å²) in [6.45, 7) is 0.731. The van der Waals surface area contributed by atoms with Crippen molar-refractivity contribution in [2.24, 2.45) is 0 Å². The Bertz CT molecular complexity index is 1270. The monoisotopic (exact) mass is 409 g/mol. The summed E-state index contributed by atoms with van der Waals surface area (Å²) in [6, 6.07) is 19.1. The first-order valence-electron chi connectivity index (χ1n) is 10.6. The zero-order chi connectivity index (χ0) is 20.8. The zero-order valence-electron chi connectivity index (χ0n) is 17.3. The second-order valence-electron chi connectivity index (χ2n) is 8.13. The summed E-state index contributed by atoms with van der Waals surface area (Å²) < 4.78 is 0. The van der Waals surface area contributed by atoms with E-state index in [1.807, 2.05) is 24.4 Å². The predicted octanol–water partition coefficient (Wildman–Crippen LogP) is 4.83. The Hall–Kier alpha value is -3.87. The Morgan fingerprint density at radius 1 is 1.03 bits per heavy atom. The van der Waals surface area contributed by atoms with Crippen molar-refractivity contribution >= 4 is 39.9 Å². The second-order valence-corrected chi connectivity index (χ2v) is 8.13. The van der Waals surface area contributed by atoms with Gasteiger partial charge in [-0.05, 0) is 48.2 Å². The van der Waals surface area contributed by atoms with Crippen LogP contribution in [0.3, 0.4) is 0 Å². The average Bonchev–Trinajstić information content (AvgIpc) is 3.54. The number of pyridine rings is 1. The molecular formula is C24H23N7. The van der Waals surface area contributed by atoms with Crippen molar-refractivity contribution in [3.05, 3.63) is 60.8 Å². The number of nitrogens with zero attached hydrogens (tertiary/aromatic N) is 4. The fraction of sp³-hybridized carbons (Fsp3) is 0.208. The van der Waals surface area contributed by atoms with Crippen molar-refractivity contribution in [2.45, 2.75) is 18.9 Å². The summed E-state index contributed by atoms with van der Waals surface area (Å²) in [5, 5.41) is 11.4. The predicted molar refractivity (Wildman–Crippen MR) is 126 cm³/mol. The highest BCUT2D eigenvalue weighted by Crippen LogP contribution is 2.39. The number of nitrogens with one attached hydrogen (secondary N) is 3. The van der Waals surface area contributed by atoms with Gasteiger partial charge in [-0.2, -0.15) is 9.97 Å². The normalized spacial score (nSPS) is 14.9. The van der Waals surface area contributed by atoms with E-state index in [1.165, 1.54) is 18.4 Å². The molecule has 0 spiro atoms. The van der Waals surface area contributed by atoms with Gasteiger partial charge in [0.15, 0.2) is 11.6 Å². The summed E-state index contributed by atoms with van der Waals surface area (Å²) >= 11 is 0. The molecule has 0 saturated heterocycles. The van der Waals surface area contributed by atoms with Crippen LogP contribution in [0.4, 0.5) is 29.0 Å². The van der Waals surface area contributed by atoms with Gasteiger partial charge in [0.05, 0.1) is 12.2 Å². The molecule has 7 nitrogen and oxygen atoms in total. The molecule has 0 atom stereocenters. The van der Waals surface area contributed by atoms with Gasteiger partial charge in [0.25, 0.3) is 0 Å². The van der Waals surface area contributed by atoms with Crippen LogP contribution in [-0.4, -0.2) is 34.7 Å². The van der Waals surface area contributed by atoms with Gasteiger partial charge < -0.3 is 20.9 Å². The van der Waals surface area contributed by atoms with Gasteiger partial charge in [0, 0.05) is 30.4 Å². The highest BCUT2D eigenvalue weighted by Gasteiger charge is 2.28. The second kappa shape index (κ2) is 7.12. The Kier molecular flexibility index (Phi) is 4.12. The Labute approximate surface area is 180 Å². The maximum atomic E-state index is 4.80. The lowest BCUT2D eigenvalue weighted by molar-refractivity contribution is 1.02. The molecular weight excluding hydrogens is 386 g/mol. The molecule has 1 saturated carbocycles. The first kappa shape index (κ1) is 17.9. The number of rotatable bonds is 5. The van der Waals surface area contributed by atoms with E-state index in [4.69, 9.17) is 9.97 Å². The number of hydrogen-bond donors (Lipinski definition) is 3. The summed E-state index contributed by atoms with van der Waals surface area (Å²) in [5.41, 5.74) is 5.25. The zero-order valence-corrected chi connectivity index (χ0v) is 17.3. The Morgan fingerprint density at radius 2 is 1.90 bits per heavy atom. The fourth-order valence-electron chi connectivity index (χ4n) is 4.01. The molecule has 2 aromatic carbocycles. The van der Waals surface area contributed by atoms with E-state index in [-0.39, 0.29) is 0 Å². The third kappa shape index (κ3) is 3.38. The molecule has 31 heavy (non-hydrogen) atoms. The van der Waals surface area contributed by atoms with Crippen LogP contribution < -0.4 is 20.9 Å². The van der Waals surface area contributed by atoms with E-state index < -0.39 is 0 Å². The van der Waals surface area contributed by atoms with Gasteiger partial charge in [-0.15, -0.1) is 0 Å². The van der Waals surface area contributed by atoms with Crippen LogP contribution in [0.25, 0.3) is 22.0 Å². The van der Waals surface area contributed by atoms with Crippen molar-refractivity contribution in [3.63, 3.8) is 0 Å². The molecule has 2 aromatic heterocycles. The third-order valence-electron chi connectivity index (χ3n) is 5.75. The van der Waals surface area contributed by atoms with Gasteiger partial charge in [0.2, 0.25) is 5.95 Å². The molecule has 1 fully saturated rings. The minimum Gasteiger partial charge on any atom is -0.365 e. The quantitative estimate of drug-likeness (QED) is 0.436. The highest BCUT2D eigenvalue weighted by atomic mass is 15.3. The van der Waals surface area contributed by atoms with E-state index in [9.17, 15) is 0 Å². The van der Waals surface area contributed by atoms with Gasteiger partial charge in [0.1, 0.15) is 5.69 Å². The van der Waals surface area contributed by atoms with E-state index in [2.05, 4.69) is 69.3 Å². The van der Waals surface area contributed by atoms with Gasteiger partial charge in [-0.3, -0.25) is 4.98 Å². The summed E-state index contributed by atoms with van der Waals surface area (Å²) in [6.07, 6.45) is 4.25. The van der Waals surface area contributed by atoms with Crippen LogP contribution in [0.5, 0.6) is 0 Å². The molecule has 7 heteroatoms. The van der Waals surface area contributed by atoms with Crippen LogP contribution in [-0.2, 0) is 0 Å². The first-order valence-corrected chi connectivity index (χ1v) is 10.6. The fourth-order valence-corrected chi connectivity index (χ4v) is 4.01. The lowest BCUT2D eigenvalue weighted by Crippen LogP contribution is -2.18. The number of anilines is 5. The lowest BCUT2D eigenvalue weighted by atomic mass is 10.0. The van der Waals surface area contributed by atoms with Crippen LogP contribution in [0.1, 0.15) is 12.8 Å². The largest absolute Gasteiger partial charge is 0.365 e. The molecule has 2 aliphatic rings. The molecule has 3 heterocycles. The molecule has 4 aromatic rings. The number of benzene rings is 2. The third-order valence-corrected chi connectivity index (χ3v) is 5.75. The maximum Gasteiger partial charge on any atom is 0.231 e. The molecule has 0 radical (unpaired) electrons. The molecule has 1 aliphatic carbocycles. The number of hydrogen-bond acceptors (Lipinski definition) is 7. The average molecular weight is 409 g/mol. The first-order chi connectivity index (χ1) is 15.2. The van der Waals surface area contributed by atoms with E-state index in [0.717, 1.165) is 46.1 Å². The molecule has 3 N–H and O–H groups in total. The minimum atomic E-state index is 0.515. The molecule has 1 aliphatic heterocycles. The lowest BCUT2D eigenvalue weighted by Gasteiger charge is -2.16. The van der Waals surface area contributed by atoms with Crippen molar-refractivity contribution in [1.82, 2.24) is 15.0 Å². The van der Waals surface area contributed by atoms with Crippen molar-refractivity contribution in [2.75, 3.05) is 34.6 Å². The molecule has 0 unspecified atom stereocenters. The Morgan fingerprint density at radius 3 is 2.74 bits per heavy atom. The van der Waals surface area contributed by atoms with E-state index in [1.54, 1.807) is 0 Å². The minimum absolute atomic E-state index is 0.515.